The first-order valence-corrected chi connectivity index (χ1v) is 12.0. The summed E-state index contributed by atoms with van der Waals surface area (Å²) in [4.78, 5) is 12.4. The van der Waals surface area contributed by atoms with E-state index in [-0.39, 0.29) is 17.6 Å². The minimum atomic E-state index is -3.39. The van der Waals surface area contributed by atoms with Crippen molar-refractivity contribution in [3.8, 4) is 0 Å². The van der Waals surface area contributed by atoms with Crippen molar-refractivity contribution in [1.82, 2.24) is 9.62 Å². The molecule has 156 valence electrons. The van der Waals surface area contributed by atoms with Crippen LogP contribution in [0.3, 0.4) is 0 Å². The second-order valence-electron chi connectivity index (χ2n) is 7.44. The zero-order valence-electron chi connectivity index (χ0n) is 16.4. The van der Waals surface area contributed by atoms with E-state index in [9.17, 15) is 13.2 Å². The van der Waals surface area contributed by atoms with Gasteiger partial charge in [0.05, 0.1) is 5.75 Å². The number of hydrogen-bond acceptors (Lipinski definition) is 3. The smallest absolute Gasteiger partial charge is 0.223 e. The van der Waals surface area contributed by atoms with E-state index in [1.165, 1.54) is 9.87 Å². The van der Waals surface area contributed by atoms with Crippen LogP contribution in [0.4, 0.5) is 0 Å². The molecule has 0 unspecified atom stereocenters. The number of aryl methyl sites for hydroxylation is 1. The van der Waals surface area contributed by atoms with Gasteiger partial charge in [0.2, 0.25) is 15.9 Å². The fourth-order valence-corrected chi connectivity index (χ4v) is 5.26. The number of sulfonamides is 1. The van der Waals surface area contributed by atoms with Crippen molar-refractivity contribution in [1.29, 1.82) is 0 Å². The van der Waals surface area contributed by atoms with Crippen LogP contribution >= 0.6 is 11.6 Å². The summed E-state index contributed by atoms with van der Waals surface area (Å²) in [6.45, 7) is 1.42. The monoisotopic (exact) mass is 434 g/mol. The third-order valence-corrected chi connectivity index (χ3v) is 7.37. The molecule has 0 spiro atoms. The maximum atomic E-state index is 12.7. The van der Waals surface area contributed by atoms with Crippen LogP contribution in [0.2, 0.25) is 5.02 Å². The normalized spacial score (nSPS) is 15.9. The molecule has 29 heavy (non-hydrogen) atoms. The predicted molar refractivity (Wildman–Crippen MR) is 116 cm³/mol. The molecular formula is C22H27ClN2O3S. The van der Waals surface area contributed by atoms with Crippen molar-refractivity contribution >= 4 is 27.5 Å². The van der Waals surface area contributed by atoms with E-state index in [0.29, 0.717) is 43.1 Å². The molecule has 1 fully saturated rings. The van der Waals surface area contributed by atoms with Gasteiger partial charge < -0.3 is 5.32 Å². The molecule has 2 aromatic rings. The zero-order chi connectivity index (χ0) is 20.7. The van der Waals surface area contributed by atoms with E-state index < -0.39 is 10.0 Å². The van der Waals surface area contributed by atoms with Gasteiger partial charge in [-0.05, 0) is 48.9 Å². The molecule has 2 aromatic carbocycles. The summed E-state index contributed by atoms with van der Waals surface area (Å²) < 4.78 is 26.8. The molecule has 0 bridgehead atoms. The molecule has 0 aromatic heterocycles. The lowest BCUT2D eigenvalue weighted by molar-refractivity contribution is -0.126. The predicted octanol–water partition coefficient (Wildman–Crippen LogP) is 3.63. The number of carbonyl (C=O) groups is 1. The molecule has 3 rings (SSSR count). The van der Waals surface area contributed by atoms with E-state index in [0.717, 1.165) is 12.8 Å². The highest BCUT2D eigenvalue weighted by atomic mass is 35.5. The van der Waals surface area contributed by atoms with Crippen LogP contribution in [0.15, 0.2) is 54.6 Å². The molecule has 1 N–H and O–H groups in total. The Morgan fingerprint density at radius 1 is 1.00 bits per heavy atom. The lowest BCUT2D eigenvalue weighted by atomic mass is 9.97. The van der Waals surface area contributed by atoms with Crippen LogP contribution in [0.5, 0.6) is 0 Å². The quantitative estimate of drug-likeness (QED) is 0.645. The molecule has 5 nitrogen and oxygen atoms in total. The van der Waals surface area contributed by atoms with E-state index in [4.69, 9.17) is 11.6 Å². The van der Waals surface area contributed by atoms with Crippen molar-refractivity contribution in [2.24, 2.45) is 5.92 Å². The van der Waals surface area contributed by atoms with Crippen LogP contribution < -0.4 is 5.32 Å². The van der Waals surface area contributed by atoms with Crippen LogP contribution in [0.25, 0.3) is 0 Å². The number of nitrogens with one attached hydrogen (secondary N) is 1. The van der Waals surface area contributed by atoms with Gasteiger partial charge in [-0.3, -0.25) is 4.79 Å². The largest absolute Gasteiger partial charge is 0.356 e. The highest BCUT2D eigenvalue weighted by Gasteiger charge is 2.31. The van der Waals surface area contributed by atoms with Gasteiger partial charge in [-0.25, -0.2) is 12.7 Å². The molecule has 0 atom stereocenters. The van der Waals surface area contributed by atoms with Gasteiger partial charge in [0.25, 0.3) is 0 Å². The Labute approximate surface area is 178 Å². The van der Waals surface area contributed by atoms with Gasteiger partial charge in [-0.2, -0.15) is 0 Å². The number of hydrogen-bond donors (Lipinski definition) is 1. The Morgan fingerprint density at radius 2 is 1.66 bits per heavy atom. The molecule has 0 aliphatic carbocycles. The molecule has 1 saturated heterocycles. The summed E-state index contributed by atoms with van der Waals surface area (Å²) in [6.07, 6.45) is 2.95. The van der Waals surface area contributed by atoms with E-state index in [2.05, 4.69) is 17.4 Å². The van der Waals surface area contributed by atoms with Crippen molar-refractivity contribution in [2.75, 3.05) is 19.6 Å². The van der Waals surface area contributed by atoms with Crippen molar-refractivity contribution < 1.29 is 13.2 Å². The first kappa shape index (κ1) is 21.8. The SMILES string of the molecule is O=C(NCCCc1ccccc1)C1CCN(S(=O)(=O)Cc2ccc(Cl)cc2)CC1. The molecular weight excluding hydrogens is 408 g/mol. The Kier molecular flexibility index (Phi) is 7.70. The van der Waals surface area contributed by atoms with Crippen LogP contribution in [0, 0.1) is 5.92 Å². The molecule has 0 saturated carbocycles. The van der Waals surface area contributed by atoms with Crippen molar-refractivity contribution in [3.63, 3.8) is 0 Å². The summed E-state index contributed by atoms with van der Waals surface area (Å²) in [6, 6.07) is 17.1. The average molecular weight is 435 g/mol. The Morgan fingerprint density at radius 3 is 2.31 bits per heavy atom. The zero-order valence-corrected chi connectivity index (χ0v) is 18.0. The minimum absolute atomic E-state index is 0.0350. The van der Waals surface area contributed by atoms with Gasteiger partial charge in [0, 0.05) is 30.6 Å². The summed E-state index contributed by atoms with van der Waals surface area (Å²) in [5.74, 6) is -0.123. The maximum Gasteiger partial charge on any atom is 0.223 e. The van der Waals surface area contributed by atoms with Crippen molar-refractivity contribution in [2.45, 2.75) is 31.4 Å². The fraction of sp³-hybridized carbons (Fsp3) is 0.409. The van der Waals surface area contributed by atoms with Crippen LogP contribution in [0.1, 0.15) is 30.4 Å². The number of halogens is 1. The van der Waals surface area contributed by atoms with Gasteiger partial charge in [0.1, 0.15) is 0 Å². The summed E-state index contributed by atoms with van der Waals surface area (Å²) in [5, 5.41) is 3.59. The maximum absolute atomic E-state index is 12.7. The Hall–Kier alpha value is -1.89. The van der Waals surface area contributed by atoms with E-state index in [1.807, 2.05) is 18.2 Å². The summed E-state index contributed by atoms with van der Waals surface area (Å²) in [7, 11) is -3.39. The highest BCUT2D eigenvalue weighted by molar-refractivity contribution is 7.88. The summed E-state index contributed by atoms with van der Waals surface area (Å²) >= 11 is 5.86. The van der Waals surface area contributed by atoms with Crippen LogP contribution in [-0.2, 0) is 27.0 Å². The Balaban J connectivity index is 1.40. The van der Waals surface area contributed by atoms with Crippen LogP contribution in [-0.4, -0.2) is 38.3 Å². The lowest BCUT2D eigenvalue weighted by Crippen LogP contribution is -2.43. The van der Waals surface area contributed by atoms with Gasteiger partial charge >= 0.3 is 0 Å². The first-order valence-electron chi connectivity index (χ1n) is 9.98. The lowest BCUT2D eigenvalue weighted by Gasteiger charge is -2.30. The molecule has 0 radical (unpaired) electrons. The Bertz CT molecular complexity index is 893. The van der Waals surface area contributed by atoms with Gasteiger partial charge in [-0.1, -0.05) is 54.1 Å². The first-order chi connectivity index (χ1) is 13.9. The van der Waals surface area contributed by atoms with Crippen molar-refractivity contribution in [3.05, 3.63) is 70.7 Å². The second kappa shape index (κ2) is 10.2. The van der Waals surface area contributed by atoms with Gasteiger partial charge in [0.15, 0.2) is 0 Å². The highest BCUT2D eigenvalue weighted by Crippen LogP contribution is 2.22. The topological polar surface area (TPSA) is 66.5 Å². The molecule has 7 heteroatoms. The number of nitrogens with zero attached hydrogens (tertiary/aromatic N) is 1. The number of benzene rings is 2. The fourth-order valence-electron chi connectivity index (χ4n) is 3.57. The molecule has 1 amide bonds. The number of amides is 1. The average Bonchev–Trinajstić information content (AvgIpc) is 2.73. The third-order valence-electron chi connectivity index (χ3n) is 5.26. The number of rotatable bonds is 8. The summed E-state index contributed by atoms with van der Waals surface area (Å²) in [5.41, 5.74) is 1.98. The molecule has 1 heterocycles. The number of piperidine rings is 1. The van der Waals surface area contributed by atoms with Gasteiger partial charge in [-0.15, -0.1) is 0 Å². The molecule has 1 aliphatic heterocycles. The van der Waals surface area contributed by atoms with E-state index >= 15 is 0 Å². The second-order valence-corrected chi connectivity index (χ2v) is 9.84. The van der Waals surface area contributed by atoms with E-state index in [1.54, 1.807) is 24.3 Å². The minimum Gasteiger partial charge on any atom is -0.356 e. The standard InChI is InChI=1S/C22H27ClN2O3S/c23-21-10-8-19(9-11-21)17-29(27,28)25-15-12-20(13-16-25)22(26)24-14-4-7-18-5-2-1-3-6-18/h1-3,5-6,8-11,20H,4,7,12-17H2,(H,24,26). The number of carbonyl (C=O) groups excluding carboxylic acids is 1. The third kappa shape index (κ3) is 6.56. The molecule has 1 aliphatic rings.